The molecule has 4 rings (SSSR count). The maximum atomic E-state index is 12.1. The van der Waals surface area contributed by atoms with E-state index in [9.17, 15) is 4.79 Å². The van der Waals surface area contributed by atoms with E-state index < -0.39 is 0 Å². The molecule has 0 bridgehead atoms. The topological polar surface area (TPSA) is 67.8 Å². The van der Waals surface area contributed by atoms with Crippen LogP contribution in [0.3, 0.4) is 0 Å². The Morgan fingerprint density at radius 2 is 2.00 bits per heavy atom. The minimum Gasteiger partial charge on any atom is -0.301 e. The number of rotatable bonds is 5. The van der Waals surface area contributed by atoms with Gasteiger partial charge in [0.1, 0.15) is 16.2 Å². The number of nitrogens with one attached hydrogen (secondary N) is 1. The lowest BCUT2D eigenvalue weighted by Crippen LogP contribution is -2.13. The second-order valence-electron chi connectivity index (χ2n) is 5.19. The van der Waals surface area contributed by atoms with Gasteiger partial charge in [0.05, 0.1) is 11.1 Å². The van der Waals surface area contributed by atoms with Crippen LogP contribution in [-0.4, -0.2) is 26.6 Å². The number of hydrogen-bond acceptors (Lipinski definition) is 7. The Kier molecular flexibility index (Phi) is 5.30. The molecule has 0 radical (unpaired) electrons. The van der Waals surface area contributed by atoms with Gasteiger partial charge < -0.3 is 5.32 Å². The van der Waals surface area contributed by atoms with Crippen molar-refractivity contribution in [1.29, 1.82) is 0 Å². The molecule has 0 aliphatic rings. The number of halogens is 1. The predicted molar refractivity (Wildman–Crippen MR) is 112 cm³/mol. The van der Waals surface area contributed by atoms with Gasteiger partial charge >= 0.3 is 0 Å². The van der Waals surface area contributed by atoms with Gasteiger partial charge in [-0.15, -0.1) is 22.7 Å². The van der Waals surface area contributed by atoms with Crippen molar-refractivity contribution in [2.75, 3.05) is 11.1 Å². The van der Waals surface area contributed by atoms with Crippen molar-refractivity contribution in [2.24, 2.45) is 0 Å². The number of carbonyl (C=O) groups is 1. The van der Waals surface area contributed by atoms with E-state index in [4.69, 9.17) is 0 Å². The van der Waals surface area contributed by atoms with Crippen LogP contribution in [0.1, 0.15) is 0 Å². The van der Waals surface area contributed by atoms with Crippen LogP contribution in [0.4, 0.5) is 5.13 Å². The molecule has 3 aromatic heterocycles. The van der Waals surface area contributed by atoms with E-state index in [1.54, 1.807) is 23.9 Å². The fraction of sp³-hybridized carbons (Fsp3) is 0.0588. The van der Waals surface area contributed by atoms with Crippen molar-refractivity contribution in [2.45, 2.75) is 5.03 Å². The first-order valence-corrected chi connectivity index (χ1v) is 11.0. The molecule has 0 aliphatic carbocycles. The molecule has 5 nitrogen and oxygen atoms in total. The summed E-state index contributed by atoms with van der Waals surface area (Å²) < 4.78 is 1.03. The molecule has 0 atom stereocenters. The van der Waals surface area contributed by atoms with Crippen molar-refractivity contribution in [3.05, 3.63) is 52.0 Å². The van der Waals surface area contributed by atoms with Crippen LogP contribution in [0.25, 0.3) is 21.3 Å². The van der Waals surface area contributed by atoms with Gasteiger partial charge in [-0.05, 0) is 17.7 Å². The molecule has 26 heavy (non-hydrogen) atoms. The first kappa shape index (κ1) is 17.6. The van der Waals surface area contributed by atoms with Crippen molar-refractivity contribution < 1.29 is 4.79 Å². The fourth-order valence-electron chi connectivity index (χ4n) is 2.37. The largest absolute Gasteiger partial charge is 0.301 e. The monoisotopic (exact) mass is 462 g/mol. The van der Waals surface area contributed by atoms with Crippen molar-refractivity contribution >= 4 is 71.6 Å². The Labute approximate surface area is 170 Å². The Hall–Kier alpha value is -1.81. The number of benzene rings is 1. The van der Waals surface area contributed by atoms with Gasteiger partial charge in [0.15, 0.2) is 5.13 Å². The zero-order valence-corrected chi connectivity index (χ0v) is 17.2. The minimum absolute atomic E-state index is 0.0999. The highest BCUT2D eigenvalue weighted by atomic mass is 79.9. The van der Waals surface area contributed by atoms with Crippen LogP contribution < -0.4 is 5.32 Å². The molecule has 9 heteroatoms. The van der Waals surface area contributed by atoms with Crippen molar-refractivity contribution in [1.82, 2.24) is 15.0 Å². The smallest absolute Gasteiger partial charge is 0.236 e. The summed E-state index contributed by atoms with van der Waals surface area (Å²) in [6.45, 7) is 0. The van der Waals surface area contributed by atoms with E-state index in [0.717, 1.165) is 30.8 Å². The molecule has 0 saturated heterocycles. The maximum absolute atomic E-state index is 12.1. The molecular formula is C17H11BrN4OS3. The summed E-state index contributed by atoms with van der Waals surface area (Å²) >= 11 is 7.85. The molecular weight excluding hydrogens is 452 g/mol. The van der Waals surface area contributed by atoms with Crippen LogP contribution in [0.15, 0.2) is 57.0 Å². The molecule has 0 fully saturated rings. The Bertz CT molecular complexity index is 1050. The number of carbonyl (C=O) groups excluding carboxylic acids is 1. The van der Waals surface area contributed by atoms with E-state index in [-0.39, 0.29) is 11.7 Å². The Morgan fingerprint density at radius 1 is 1.15 bits per heavy atom. The summed E-state index contributed by atoms with van der Waals surface area (Å²) in [5.74, 6) is 0.165. The van der Waals surface area contributed by atoms with Gasteiger partial charge in [0, 0.05) is 27.0 Å². The first-order chi connectivity index (χ1) is 12.7. The number of thioether (sulfide) groups is 1. The quantitative estimate of drug-likeness (QED) is 0.321. The summed E-state index contributed by atoms with van der Waals surface area (Å²) in [6.07, 6.45) is 3.21. The summed E-state index contributed by atoms with van der Waals surface area (Å²) in [5, 5.41) is 9.11. The van der Waals surface area contributed by atoms with Gasteiger partial charge in [0.25, 0.3) is 0 Å². The Balaban J connectivity index is 1.60. The van der Waals surface area contributed by atoms with E-state index >= 15 is 0 Å². The van der Waals surface area contributed by atoms with E-state index in [0.29, 0.717) is 5.13 Å². The van der Waals surface area contributed by atoms with Gasteiger partial charge in [-0.2, -0.15) is 0 Å². The molecule has 130 valence electrons. The third kappa shape index (κ3) is 3.80. The average molecular weight is 463 g/mol. The van der Waals surface area contributed by atoms with Gasteiger partial charge in [-0.3, -0.25) is 4.79 Å². The number of hydrogen-bond donors (Lipinski definition) is 1. The van der Waals surface area contributed by atoms with Crippen LogP contribution >= 0.6 is 50.4 Å². The number of amides is 1. The number of anilines is 1. The summed E-state index contributed by atoms with van der Waals surface area (Å²) in [6, 6.07) is 8.14. The number of nitrogens with zero attached hydrogens (tertiary/aromatic N) is 3. The highest BCUT2D eigenvalue weighted by Gasteiger charge is 2.15. The number of fused-ring (bicyclic) bond motifs is 1. The van der Waals surface area contributed by atoms with Crippen LogP contribution in [0.2, 0.25) is 0 Å². The number of aromatic nitrogens is 3. The summed E-state index contributed by atoms with van der Waals surface area (Å²) in [5.41, 5.74) is 2.18. The highest BCUT2D eigenvalue weighted by Crippen LogP contribution is 2.38. The van der Waals surface area contributed by atoms with Gasteiger partial charge in [0.2, 0.25) is 5.91 Å². The zero-order chi connectivity index (χ0) is 17.9. The normalized spacial score (nSPS) is 11.0. The summed E-state index contributed by atoms with van der Waals surface area (Å²) in [4.78, 5) is 25.9. The molecule has 0 aliphatic heterocycles. The fourth-order valence-corrected chi connectivity index (χ4v) is 4.98. The van der Waals surface area contributed by atoms with Gasteiger partial charge in [-0.25, -0.2) is 15.0 Å². The second-order valence-corrected chi connectivity index (χ2v) is 8.82. The molecule has 1 amide bonds. The van der Waals surface area contributed by atoms with E-state index in [2.05, 4.69) is 53.7 Å². The predicted octanol–water partition coefficient (Wildman–Crippen LogP) is 5.31. The summed E-state index contributed by atoms with van der Waals surface area (Å²) in [7, 11) is 0. The molecule has 4 aromatic rings. The first-order valence-electron chi connectivity index (χ1n) is 7.51. The minimum atomic E-state index is -0.0999. The lowest BCUT2D eigenvalue weighted by atomic mass is 10.1. The molecule has 0 unspecified atom stereocenters. The van der Waals surface area contributed by atoms with E-state index in [1.807, 2.05) is 17.5 Å². The number of thiazole rings is 1. The molecule has 0 saturated carbocycles. The SMILES string of the molecule is O=C(CSc1ncnc2scc(-c3ccc(Br)cc3)c12)Nc1nccs1. The molecule has 0 spiro atoms. The second kappa shape index (κ2) is 7.83. The zero-order valence-electron chi connectivity index (χ0n) is 13.2. The van der Waals surface area contributed by atoms with Crippen LogP contribution in [-0.2, 0) is 4.79 Å². The molecule has 3 heterocycles. The lowest BCUT2D eigenvalue weighted by Gasteiger charge is -2.05. The van der Waals surface area contributed by atoms with Crippen molar-refractivity contribution in [3.8, 4) is 11.1 Å². The van der Waals surface area contributed by atoms with Crippen LogP contribution in [0.5, 0.6) is 0 Å². The van der Waals surface area contributed by atoms with E-state index in [1.165, 1.54) is 23.1 Å². The molecule has 1 aromatic carbocycles. The third-order valence-corrected chi connectivity index (χ3v) is 6.60. The average Bonchev–Trinajstić information content (AvgIpc) is 3.30. The third-order valence-electron chi connectivity index (χ3n) is 3.51. The molecule has 1 N–H and O–H groups in total. The maximum Gasteiger partial charge on any atom is 0.236 e. The standard InChI is InChI=1S/C17H11BrN4OS3/c18-11-3-1-10(2-4-11)12-7-25-15-14(12)16(21-9-20-15)26-8-13(23)22-17-19-5-6-24-17/h1-7,9H,8H2,(H,19,22,23). The highest BCUT2D eigenvalue weighted by molar-refractivity contribution is 9.10. The Morgan fingerprint density at radius 3 is 2.77 bits per heavy atom. The van der Waals surface area contributed by atoms with Crippen LogP contribution in [0, 0.1) is 0 Å². The van der Waals surface area contributed by atoms with Gasteiger partial charge in [-0.1, -0.05) is 39.8 Å². The lowest BCUT2D eigenvalue weighted by molar-refractivity contribution is -0.113. The number of thiophene rings is 1. The van der Waals surface area contributed by atoms with Crippen molar-refractivity contribution in [3.63, 3.8) is 0 Å².